The standard InChI is InChI=1S/C25H23BrN2O5/c1-14-15(2)21(11-10-20(14)26)27-22(29)13-33-25(32)16-6-5-7-17(12-16)28-23(30)18-8-3-4-9-19(18)24(28)31/h3-7,10-12,18-19H,8-9,13H2,1-2H3,(H,27,29)/t18-,19-/m0/s1. The zero-order valence-corrected chi connectivity index (χ0v) is 19.8. The number of nitrogens with zero attached hydrogens (tertiary/aromatic N) is 1. The van der Waals surface area contributed by atoms with E-state index in [2.05, 4.69) is 21.2 Å². The Morgan fingerprint density at radius 2 is 1.70 bits per heavy atom. The predicted molar refractivity (Wildman–Crippen MR) is 127 cm³/mol. The summed E-state index contributed by atoms with van der Waals surface area (Å²) in [4.78, 5) is 51.6. The van der Waals surface area contributed by atoms with E-state index in [-0.39, 0.29) is 29.2 Å². The topological polar surface area (TPSA) is 92.8 Å². The minimum atomic E-state index is -0.714. The third-order valence-electron chi connectivity index (χ3n) is 6.18. The number of hydrogen-bond acceptors (Lipinski definition) is 5. The molecular weight excluding hydrogens is 488 g/mol. The van der Waals surface area contributed by atoms with E-state index in [4.69, 9.17) is 4.74 Å². The zero-order valence-electron chi connectivity index (χ0n) is 18.3. The van der Waals surface area contributed by atoms with E-state index < -0.39 is 18.5 Å². The summed E-state index contributed by atoms with van der Waals surface area (Å²) in [6.07, 6.45) is 4.93. The lowest BCUT2D eigenvalue weighted by molar-refractivity contribution is -0.122. The maximum Gasteiger partial charge on any atom is 0.338 e. The molecule has 1 fully saturated rings. The lowest BCUT2D eigenvalue weighted by Gasteiger charge is -2.16. The molecule has 0 unspecified atom stereocenters. The molecule has 2 aromatic rings. The number of rotatable bonds is 5. The molecule has 8 heteroatoms. The van der Waals surface area contributed by atoms with Crippen molar-refractivity contribution in [2.24, 2.45) is 11.8 Å². The van der Waals surface area contributed by atoms with Crippen molar-refractivity contribution in [2.45, 2.75) is 26.7 Å². The summed E-state index contributed by atoms with van der Waals surface area (Å²) in [5, 5.41) is 2.74. The maximum atomic E-state index is 12.8. The third kappa shape index (κ3) is 4.48. The van der Waals surface area contributed by atoms with Crippen molar-refractivity contribution in [1.29, 1.82) is 0 Å². The summed E-state index contributed by atoms with van der Waals surface area (Å²) in [5.74, 6) is -2.39. The molecular formula is C25H23BrN2O5. The van der Waals surface area contributed by atoms with Crippen LogP contribution in [0.4, 0.5) is 11.4 Å². The Morgan fingerprint density at radius 3 is 2.36 bits per heavy atom. The number of nitrogens with one attached hydrogen (secondary N) is 1. The number of esters is 1. The second-order valence-corrected chi connectivity index (χ2v) is 9.04. The molecule has 0 radical (unpaired) electrons. The molecule has 0 aromatic heterocycles. The van der Waals surface area contributed by atoms with Crippen LogP contribution in [0.1, 0.15) is 34.3 Å². The van der Waals surface area contributed by atoms with Crippen LogP contribution in [0.5, 0.6) is 0 Å². The van der Waals surface area contributed by atoms with Crippen LogP contribution in [-0.2, 0) is 19.1 Å². The van der Waals surface area contributed by atoms with Crippen molar-refractivity contribution in [2.75, 3.05) is 16.8 Å². The molecule has 0 spiro atoms. The number of allylic oxidation sites excluding steroid dienone is 2. The second kappa shape index (κ2) is 9.31. The zero-order chi connectivity index (χ0) is 23.7. The molecule has 170 valence electrons. The summed E-state index contributed by atoms with van der Waals surface area (Å²) < 4.78 is 6.10. The van der Waals surface area contributed by atoms with E-state index in [9.17, 15) is 19.2 Å². The van der Waals surface area contributed by atoms with E-state index in [0.717, 1.165) is 20.5 Å². The number of benzene rings is 2. The first-order valence-electron chi connectivity index (χ1n) is 10.6. The number of fused-ring (bicyclic) bond motifs is 1. The van der Waals surface area contributed by atoms with Gasteiger partial charge in [0.15, 0.2) is 6.61 Å². The molecule has 7 nitrogen and oxygen atoms in total. The first kappa shape index (κ1) is 22.9. The Labute approximate surface area is 199 Å². The third-order valence-corrected chi connectivity index (χ3v) is 7.04. The molecule has 2 atom stereocenters. The van der Waals surface area contributed by atoms with Crippen molar-refractivity contribution in [3.8, 4) is 0 Å². The highest BCUT2D eigenvalue weighted by Gasteiger charge is 2.47. The fourth-order valence-electron chi connectivity index (χ4n) is 4.15. The number of ether oxygens (including phenoxy) is 1. The molecule has 0 saturated carbocycles. The Balaban J connectivity index is 1.41. The molecule has 1 heterocycles. The number of halogens is 1. The number of amides is 3. The molecule has 4 rings (SSSR count). The molecule has 1 aliphatic heterocycles. The SMILES string of the molecule is Cc1c(Br)ccc(NC(=O)COC(=O)c2cccc(N3C(=O)[C@H]4CC=CC[C@@H]4C3=O)c2)c1C. The first-order chi connectivity index (χ1) is 15.8. The monoisotopic (exact) mass is 510 g/mol. The Kier molecular flexibility index (Phi) is 6.47. The lowest BCUT2D eigenvalue weighted by Crippen LogP contribution is -2.31. The molecule has 2 aromatic carbocycles. The van der Waals surface area contributed by atoms with Gasteiger partial charge in [-0.25, -0.2) is 4.79 Å². The predicted octanol–water partition coefficient (Wildman–Crippen LogP) is 4.32. The molecule has 2 aliphatic rings. The Bertz CT molecular complexity index is 1160. The van der Waals surface area contributed by atoms with Crippen LogP contribution in [0.15, 0.2) is 53.0 Å². The number of carbonyl (C=O) groups excluding carboxylic acids is 4. The van der Waals surface area contributed by atoms with Crippen LogP contribution in [0.25, 0.3) is 0 Å². The van der Waals surface area contributed by atoms with Gasteiger partial charge in [0.2, 0.25) is 11.8 Å². The summed E-state index contributed by atoms with van der Waals surface area (Å²) >= 11 is 3.45. The van der Waals surface area contributed by atoms with Gasteiger partial charge in [-0.15, -0.1) is 0 Å². The van der Waals surface area contributed by atoms with Gasteiger partial charge in [0.25, 0.3) is 5.91 Å². The van der Waals surface area contributed by atoms with E-state index in [1.54, 1.807) is 18.2 Å². The fraction of sp³-hybridized carbons (Fsp3) is 0.280. The highest BCUT2D eigenvalue weighted by Crippen LogP contribution is 2.37. The van der Waals surface area contributed by atoms with Gasteiger partial charge in [-0.2, -0.15) is 0 Å². The van der Waals surface area contributed by atoms with Crippen LogP contribution in [0.3, 0.4) is 0 Å². The van der Waals surface area contributed by atoms with E-state index in [1.807, 2.05) is 32.1 Å². The quantitative estimate of drug-likeness (QED) is 0.367. The minimum Gasteiger partial charge on any atom is -0.452 e. The van der Waals surface area contributed by atoms with Crippen molar-refractivity contribution in [3.63, 3.8) is 0 Å². The van der Waals surface area contributed by atoms with Gasteiger partial charge in [0.1, 0.15) is 0 Å². The number of anilines is 2. The van der Waals surface area contributed by atoms with Gasteiger partial charge in [-0.1, -0.05) is 34.1 Å². The fourth-order valence-corrected chi connectivity index (χ4v) is 4.58. The van der Waals surface area contributed by atoms with Crippen LogP contribution >= 0.6 is 15.9 Å². The van der Waals surface area contributed by atoms with E-state index in [1.165, 1.54) is 12.1 Å². The molecule has 1 N–H and O–H groups in total. The average molecular weight is 511 g/mol. The van der Waals surface area contributed by atoms with Crippen molar-refractivity contribution in [1.82, 2.24) is 0 Å². The maximum absolute atomic E-state index is 12.8. The summed E-state index contributed by atoms with van der Waals surface area (Å²) in [5.41, 5.74) is 3.04. The van der Waals surface area contributed by atoms with Gasteiger partial charge < -0.3 is 10.1 Å². The van der Waals surface area contributed by atoms with Gasteiger partial charge in [-0.05, 0) is 68.1 Å². The van der Waals surface area contributed by atoms with Crippen LogP contribution in [-0.4, -0.2) is 30.3 Å². The molecule has 33 heavy (non-hydrogen) atoms. The number of imide groups is 1. The summed E-state index contributed by atoms with van der Waals surface area (Å²) in [6.45, 7) is 3.36. The molecule has 1 saturated heterocycles. The normalized spacial score (nSPS) is 19.4. The highest BCUT2D eigenvalue weighted by molar-refractivity contribution is 9.10. The number of hydrogen-bond donors (Lipinski definition) is 1. The van der Waals surface area contributed by atoms with Gasteiger partial charge in [0, 0.05) is 10.2 Å². The molecule has 0 bridgehead atoms. The highest BCUT2D eigenvalue weighted by atomic mass is 79.9. The van der Waals surface area contributed by atoms with Crippen molar-refractivity contribution in [3.05, 3.63) is 69.7 Å². The van der Waals surface area contributed by atoms with Crippen LogP contribution in [0.2, 0.25) is 0 Å². The first-order valence-corrected chi connectivity index (χ1v) is 11.4. The van der Waals surface area contributed by atoms with Gasteiger partial charge in [-0.3, -0.25) is 19.3 Å². The minimum absolute atomic E-state index is 0.157. The second-order valence-electron chi connectivity index (χ2n) is 8.19. The van der Waals surface area contributed by atoms with Gasteiger partial charge >= 0.3 is 5.97 Å². The summed E-state index contributed by atoms with van der Waals surface area (Å²) in [6, 6.07) is 9.77. The van der Waals surface area contributed by atoms with Crippen molar-refractivity contribution >= 4 is 51.0 Å². The van der Waals surface area contributed by atoms with Crippen LogP contribution < -0.4 is 10.2 Å². The molecule has 3 amide bonds. The van der Waals surface area contributed by atoms with E-state index in [0.29, 0.717) is 24.2 Å². The van der Waals surface area contributed by atoms with E-state index >= 15 is 0 Å². The van der Waals surface area contributed by atoms with Gasteiger partial charge in [0.05, 0.1) is 23.1 Å². The molecule has 1 aliphatic carbocycles. The largest absolute Gasteiger partial charge is 0.452 e. The van der Waals surface area contributed by atoms with Crippen LogP contribution in [0, 0.1) is 25.7 Å². The summed E-state index contributed by atoms with van der Waals surface area (Å²) in [7, 11) is 0. The Morgan fingerprint density at radius 1 is 1.03 bits per heavy atom. The smallest absolute Gasteiger partial charge is 0.338 e. The average Bonchev–Trinajstić information content (AvgIpc) is 3.08. The van der Waals surface area contributed by atoms with Crippen molar-refractivity contribution < 1.29 is 23.9 Å². The Hall–Kier alpha value is -3.26. The number of carbonyl (C=O) groups is 4. The lowest BCUT2D eigenvalue weighted by atomic mass is 9.85.